The summed E-state index contributed by atoms with van der Waals surface area (Å²) in [5.41, 5.74) is 4.57. The molecule has 0 aliphatic heterocycles. The van der Waals surface area contributed by atoms with Gasteiger partial charge in [-0.25, -0.2) is 9.36 Å². The van der Waals surface area contributed by atoms with E-state index in [2.05, 4.69) is 0 Å². The molecule has 7 aromatic rings. The highest BCUT2D eigenvalue weighted by Crippen LogP contribution is 2.32. The summed E-state index contributed by atoms with van der Waals surface area (Å²) in [5.74, 6) is 1.94. The van der Waals surface area contributed by atoms with E-state index >= 15 is 0 Å². The van der Waals surface area contributed by atoms with Gasteiger partial charge in [0, 0.05) is 23.4 Å². The first-order valence-electron chi connectivity index (χ1n) is 17.6. The van der Waals surface area contributed by atoms with Crippen LogP contribution in [0.5, 0.6) is 17.2 Å². The zero-order valence-corrected chi connectivity index (χ0v) is 30.2. The van der Waals surface area contributed by atoms with E-state index in [-0.39, 0.29) is 33.2 Å². The Hall–Kier alpha value is -6.36. The normalized spacial score (nSPS) is 11.1. The Morgan fingerprint density at radius 2 is 1.13 bits per heavy atom. The smallest absolute Gasteiger partial charge is 0.336 e. The molecule has 0 saturated heterocycles. The summed E-state index contributed by atoms with van der Waals surface area (Å²) in [5, 5.41) is 0.353. The summed E-state index contributed by atoms with van der Waals surface area (Å²) in [7, 11) is 3.20. The van der Waals surface area contributed by atoms with Crippen LogP contribution in [0.3, 0.4) is 0 Å². The van der Waals surface area contributed by atoms with Gasteiger partial charge in [0.15, 0.2) is 0 Å². The zero-order chi connectivity index (χ0) is 37.3. The molecule has 274 valence electrons. The van der Waals surface area contributed by atoms with Gasteiger partial charge in [0.05, 0.1) is 39.4 Å². The van der Waals surface area contributed by atoms with Crippen LogP contribution >= 0.6 is 0 Å². The van der Waals surface area contributed by atoms with Crippen molar-refractivity contribution in [2.24, 2.45) is 0 Å². The van der Waals surface area contributed by atoms with Crippen molar-refractivity contribution in [2.75, 3.05) is 14.2 Å². The lowest BCUT2D eigenvalue weighted by Crippen LogP contribution is -2.41. The Morgan fingerprint density at radius 1 is 0.574 bits per heavy atom. The van der Waals surface area contributed by atoms with Gasteiger partial charge in [-0.2, -0.15) is 0 Å². The Labute approximate surface area is 312 Å². The van der Waals surface area contributed by atoms with E-state index in [1.807, 2.05) is 144 Å². The number of hydrogen-bond donors (Lipinski definition) is 0. The molecule has 0 atom stereocenters. The largest absolute Gasteiger partial charge is 0.497 e. The second-order valence-corrected chi connectivity index (χ2v) is 12.7. The topological polar surface area (TPSA) is 95.1 Å². The molecular formula is C44H41N3O7. The maximum atomic E-state index is 14.6. The van der Waals surface area contributed by atoms with Crippen molar-refractivity contribution < 1.29 is 23.7 Å². The maximum Gasteiger partial charge on any atom is 0.336 e. The highest BCUT2D eigenvalue weighted by Gasteiger charge is 2.23. The fraction of sp³-hybridized carbons (Fsp3) is 0.182. The molecule has 7 rings (SSSR count). The summed E-state index contributed by atoms with van der Waals surface area (Å²) in [6.45, 7) is 0.844. The van der Waals surface area contributed by atoms with Gasteiger partial charge in [-0.15, -0.1) is 0 Å². The molecule has 0 spiro atoms. The van der Waals surface area contributed by atoms with Gasteiger partial charge >= 0.3 is 5.69 Å². The number of methoxy groups -OCH3 is 2. The minimum atomic E-state index is -0.550. The van der Waals surface area contributed by atoms with E-state index in [0.29, 0.717) is 40.5 Å². The lowest BCUT2D eigenvalue weighted by molar-refractivity contribution is 0.0461. The SMILES string of the molecule is COc1ccc(Cn2cc(-c3ccc(OCc4ccccc4)cc3)c3c(=O)n(COCc4ccccc4)c(=O)n(COCc4ccccc4)c32)c(OC)c1. The highest BCUT2D eigenvalue weighted by molar-refractivity contribution is 5.94. The quantitative estimate of drug-likeness (QED) is 0.101. The molecule has 0 N–H and O–H groups in total. The minimum absolute atomic E-state index is 0.112. The summed E-state index contributed by atoms with van der Waals surface area (Å²) >= 11 is 0. The molecule has 2 heterocycles. The lowest BCUT2D eigenvalue weighted by Gasteiger charge is -2.17. The average molecular weight is 724 g/mol. The lowest BCUT2D eigenvalue weighted by atomic mass is 10.1. The van der Waals surface area contributed by atoms with E-state index in [1.54, 1.807) is 14.2 Å². The Bertz CT molecular complexity index is 2420. The molecule has 2 aromatic heterocycles. The van der Waals surface area contributed by atoms with Gasteiger partial charge in [-0.05, 0) is 46.5 Å². The van der Waals surface area contributed by atoms with Gasteiger partial charge in [-0.3, -0.25) is 9.36 Å². The van der Waals surface area contributed by atoms with E-state index < -0.39 is 11.2 Å². The van der Waals surface area contributed by atoms with E-state index in [0.717, 1.165) is 32.4 Å². The number of nitrogens with zero attached hydrogens (tertiary/aromatic N) is 3. The van der Waals surface area contributed by atoms with Crippen molar-refractivity contribution >= 4 is 11.0 Å². The van der Waals surface area contributed by atoms with Gasteiger partial charge in [0.25, 0.3) is 5.56 Å². The van der Waals surface area contributed by atoms with Crippen molar-refractivity contribution in [2.45, 2.75) is 39.8 Å². The average Bonchev–Trinajstić information content (AvgIpc) is 3.60. The molecular weight excluding hydrogens is 682 g/mol. The van der Waals surface area contributed by atoms with Crippen LogP contribution in [0.15, 0.2) is 149 Å². The molecule has 10 heteroatoms. The van der Waals surface area contributed by atoms with Crippen LogP contribution in [0.1, 0.15) is 22.3 Å². The molecule has 0 bridgehead atoms. The molecule has 5 aromatic carbocycles. The van der Waals surface area contributed by atoms with Gasteiger partial charge in [0.2, 0.25) is 0 Å². The van der Waals surface area contributed by atoms with E-state index in [9.17, 15) is 9.59 Å². The van der Waals surface area contributed by atoms with Crippen LogP contribution in [0.25, 0.3) is 22.2 Å². The summed E-state index contributed by atoms with van der Waals surface area (Å²) in [6, 6.07) is 42.5. The first-order chi connectivity index (χ1) is 26.5. The Kier molecular flexibility index (Phi) is 11.3. The van der Waals surface area contributed by atoms with Crippen LogP contribution < -0.4 is 25.5 Å². The van der Waals surface area contributed by atoms with Crippen molar-refractivity contribution in [1.29, 1.82) is 0 Å². The highest BCUT2D eigenvalue weighted by atomic mass is 16.5. The molecule has 10 nitrogen and oxygen atoms in total. The van der Waals surface area contributed by atoms with Crippen LogP contribution in [0.2, 0.25) is 0 Å². The predicted molar refractivity (Wildman–Crippen MR) is 208 cm³/mol. The second kappa shape index (κ2) is 17.0. The fourth-order valence-electron chi connectivity index (χ4n) is 6.37. The van der Waals surface area contributed by atoms with Crippen LogP contribution in [-0.4, -0.2) is 27.9 Å². The fourth-order valence-corrected chi connectivity index (χ4v) is 6.37. The third-order valence-electron chi connectivity index (χ3n) is 9.14. The third kappa shape index (κ3) is 8.15. The number of ether oxygens (including phenoxy) is 5. The molecule has 0 unspecified atom stereocenters. The van der Waals surface area contributed by atoms with Crippen molar-refractivity contribution in [1.82, 2.24) is 13.7 Å². The Morgan fingerprint density at radius 3 is 1.70 bits per heavy atom. The van der Waals surface area contributed by atoms with Crippen molar-refractivity contribution in [3.8, 4) is 28.4 Å². The van der Waals surface area contributed by atoms with Crippen molar-refractivity contribution in [3.63, 3.8) is 0 Å². The summed E-state index contributed by atoms with van der Waals surface area (Å²) < 4.78 is 33.9. The Balaban J connectivity index is 1.33. The standard InChI is InChI=1S/C44H41N3O7/c1-50-38-23-20-36(40(24-38)51-2)25-45-26-39(35-18-21-37(22-19-35)54-29-34-16-10-5-11-17-34)41-42(45)46(30-52-27-32-12-6-3-7-13-32)44(49)47(43(41)48)31-53-28-33-14-8-4-9-15-33/h3-24,26H,25,27-31H2,1-2H3. The molecule has 0 fully saturated rings. The van der Waals surface area contributed by atoms with Gasteiger partial charge < -0.3 is 28.3 Å². The zero-order valence-electron chi connectivity index (χ0n) is 30.2. The number of aromatic nitrogens is 3. The summed E-state index contributed by atoms with van der Waals surface area (Å²) in [4.78, 5) is 29.0. The third-order valence-corrected chi connectivity index (χ3v) is 9.14. The van der Waals surface area contributed by atoms with Crippen LogP contribution in [0.4, 0.5) is 0 Å². The van der Waals surface area contributed by atoms with Gasteiger partial charge in [0.1, 0.15) is 43.0 Å². The van der Waals surface area contributed by atoms with Crippen molar-refractivity contribution in [3.05, 3.63) is 183 Å². The summed E-state index contributed by atoms with van der Waals surface area (Å²) in [6.07, 6.45) is 1.90. The molecule has 0 saturated carbocycles. The molecule has 0 aliphatic rings. The van der Waals surface area contributed by atoms with E-state index in [1.165, 1.54) is 4.57 Å². The van der Waals surface area contributed by atoms with Crippen LogP contribution in [-0.2, 0) is 49.3 Å². The molecule has 54 heavy (non-hydrogen) atoms. The first-order valence-corrected chi connectivity index (χ1v) is 17.6. The monoisotopic (exact) mass is 723 g/mol. The number of rotatable bonds is 16. The molecule has 0 amide bonds. The second-order valence-electron chi connectivity index (χ2n) is 12.7. The predicted octanol–water partition coefficient (Wildman–Crippen LogP) is 7.62. The number of benzene rings is 5. The van der Waals surface area contributed by atoms with E-state index in [4.69, 9.17) is 23.7 Å². The molecule has 0 aliphatic carbocycles. The first kappa shape index (κ1) is 36.0. The van der Waals surface area contributed by atoms with Crippen LogP contribution in [0, 0.1) is 0 Å². The number of hydrogen-bond acceptors (Lipinski definition) is 7. The number of fused-ring (bicyclic) bond motifs is 1. The minimum Gasteiger partial charge on any atom is -0.497 e. The maximum absolute atomic E-state index is 14.6. The van der Waals surface area contributed by atoms with Gasteiger partial charge in [-0.1, -0.05) is 103 Å². The molecule has 0 radical (unpaired) electrons.